The van der Waals surface area contributed by atoms with Crippen molar-refractivity contribution in [3.8, 4) is 0 Å². The number of hydroxylamine groups is 1. The lowest BCUT2D eigenvalue weighted by Crippen LogP contribution is -2.07. The molecular formula is C6H15NO2. The van der Waals surface area contributed by atoms with E-state index < -0.39 is 0 Å². The molecule has 0 heterocycles. The fourth-order valence-corrected chi connectivity index (χ4v) is 0.454. The first-order valence-corrected chi connectivity index (χ1v) is 3.07. The maximum Gasteiger partial charge on any atom is 0.106 e. The van der Waals surface area contributed by atoms with Crippen molar-refractivity contribution in [3.05, 3.63) is 0 Å². The van der Waals surface area contributed by atoms with Crippen molar-refractivity contribution in [3.63, 3.8) is 0 Å². The van der Waals surface area contributed by atoms with E-state index in [4.69, 9.17) is 10.0 Å². The standard InChI is InChI=1S/C5H13NO.CH2O/c1-2-3-4-5-6-7;1-2/h6-7H,2-5H2,1H3;1H2. The zero-order chi connectivity index (χ0) is 7.54. The van der Waals surface area contributed by atoms with Gasteiger partial charge in [0.1, 0.15) is 6.79 Å². The molecular weight excluding hydrogens is 118 g/mol. The van der Waals surface area contributed by atoms with E-state index in [1.807, 2.05) is 6.79 Å². The van der Waals surface area contributed by atoms with E-state index in [2.05, 4.69) is 12.4 Å². The van der Waals surface area contributed by atoms with Gasteiger partial charge in [0.2, 0.25) is 0 Å². The monoisotopic (exact) mass is 133 g/mol. The first-order valence-electron chi connectivity index (χ1n) is 3.07. The third kappa shape index (κ3) is 18.4. The third-order valence-corrected chi connectivity index (χ3v) is 0.892. The third-order valence-electron chi connectivity index (χ3n) is 0.892. The van der Waals surface area contributed by atoms with Crippen LogP contribution in [0, 0.1) is 0 Å². The fourth-order valence-electron chi connectivity index (χ4n) is 0.454. The van der Waals surface area contributed by atoms with Gasteiger partial charge >= 0.3 is 0 Å². The average Bonchev–Trinajstić information content (AvgIpc) is 1.94. The Morgan fingerprint density at radius 3 is 2.33 bits per heavy atom. The van der Waals surface area contributed by atoms with Crippen molar-refractivity contribution < 1.29 is 10.0 Å². The molecule has 0 rings (SSSR count). The van der Waals surface area contributed by atoms with Crippen molar-refractivity contribution in [2.75, 3.05) is 6.54 Å². The minimum Gasteiger partial charge on any atom is -0.317 e. The summed E-state index contributed by atoms with van der Waals surface area (Å²) in [6, 6.07) is 0. The van der Waals surface area contributed by atoms with Crippen molar-refractivity contribution >= 4 is 6.79 Å². The second-order valence-electron chi connectivity index (χ2n) is 1.62. The lowest BCUT2D eigenvalue weighted by atomic mass is 10.3. The molecule has 2 N–H and O–H groups in total. The quantitative estimate of drug-likeness (QED) is 0.444. The highest BCUT2D eigenvalue weighted by Crippen LogP contribution is 1.89. The van der Waals surface area contributed by atoms with E-state index in [-0.39, 0.29) is 0 Å². The van der Waals surface area contributed by atoms with E-state index in [9.17, 15) is 0 Å². The topological polar surface area (TPSA) is 49.3 Å². The summed E-state index contributed by atoms with van der Waals surface area (Å²) in [5.74, 6) is 0. The van der Waals surface area contributed by atoms with Gasteiger partial charge in [-0.2, -0.15) is 0 Å². The zero-order valence-electron chi connectivity index (χ0n) is 5.89. The predicted molar refractivity (Wildman–Crippen MR) is 36.4 cm³/mol. The summed E-state index contributed by atoms with van der Waals surface area (Å²) in [7, 11) is 0. The summed E-state index contributed by atoms with van der Waals surface area (Å²) in [5.41, 5.74) is 2.10. The Kier molecular flexibility index (Phi) is 19.8. The number of unbranched alkanes of at least 4 members (excludes halogenated alkanes) is 2. The van der Waals surface area contributed by atoms with Gasteiger partial charge in [0.25, 0.3) is 0 Å². The molecule has 3 heteroatoms. The maximum absolute atomic E-state index is 8.04. The molecule has 0 aliphatic carbocycles. The second-order valence-corrected chi connectivity index (χ2v) is 1.62. The SMILES string of the molecule is C=O.CCCCCNO. The van der Waals surface area contributed by atoms with E-state index in [1.54, 1.807) is 0 Å². The molecule has 0 radical (unpaired) electrons. The summed E-state index contributed by atoms with van der Waals surface area (Å²) in [6.45, 7) is 4.87. The van der Waals surface area contributed by atoms with Crippen LogP contribution in [-0.2, 0) is 4.79 Å². The second kappa shape index (κ2) is 15.6. The summed E-state index contributed by atoms with van der Waals surface area (Å²) in [4.78, 5) is 8.00. The molecule has 56 valence electrons. The van der Waals surface area contributed by atoms with Gasteiger partial charge < -0.3 is 10.0 Å². The van der Waals surface area contributed by atoms with Crippen LogP contribution in [0.4, 0.5) is 0 Å². The molecule has 0 bridgehead atoms. The molecule has 9 heavy (non-hydrogen) atoms. The van der Waals surface area contributed by atoms with Crippen LogP contribution in [0.3, 0.4) is 0 Å². The molecule has 0 saturated carbocycles. The highest BCUT2D eigenvalue weighted by molar-refractivity contribution is 5.10. The minimum atomic E-state index is 0.730. The average molecular weight is 133 g/mol. The molecule has 0 spiro atoms. The molecule has 0 aromatic heterocycles. The lowest BCUT2D eigenvalue weighted by molar-refractivity contribution is -0.0979. The van der Waals surface area contributed by atoms with Crippen molar-refractivity contribution in [2.45, 2.75) is 26.2 Å². The molecule has 0 fully saturated rings. The van der Waals surface area contributed by atoms with Crippen molar-refractivity contribution in [1.29, 1.82) is 0 Å². The number of carbonyl (C=O) groups excluding carboxylic acids is 1. The van der Waals surface area contributed by atoms with Crippen LogP contribution in [0.15, 0.2) is 0 Å². The van der Waals surface area contributed by atoms with Crippen LogP contribution in [0.2, 0.25) is 0 Å². The molecule has 0 aliphatic rings. The first-order chi connectivity index (χ1) is 4.41. The maximum atomic E-state index is 8.04. The molecule has 3 nitrogen and oxygen atoms in total. The molecule has 0 amide bonds. The Morgan fingerprint density at radius 1 is 1.44 bits per heavy atom. The number of nitrogens with one attached hydrogen (secondary N) is 1. The minimum absolute atomic E-state index is 0.730. The first kappa shape index (κ1) is 11.4. The molecule has 0 atom stereocenters. The highest BCUT2D eigenvalue weighted by atomic mass is 16.5. The van der Waals surface area contributed by atoms with Gasteiger partial charge in [-0.15, -0.1) is 0 Å². The van der Waals surface area contributed by atoms with Gasteiger partial charge in [-0.1, -0.05) is 19.8 Å². The number of rotatable bonds is 4. The van der Waals surface area contributed by atoms with Crippen LogP contribution in [0.25, 0.3) is 0 Å². The van der Waals surface area contributed by atoms with Gasteiger partial charge in [0, 0.05) is 6.54 Å². The van der Waals surface area contributed by atoms with Gasteiger partial charge in [0.15, 0.2) is 0 Å². The molecule has 0 unspecified atom stereocenters. The lowest BCUT2D eigenvalue weighted by Gasteiger charge is -1.92. The van der Waals surface area contributed by atoms with E-state index in [0.717, 1.165) is 13.0 Å². The number of hydrogen-bond donors (Lipinski definition) is 2. The predicted octanol–water partition coefficient (Wildman–Crippen LogP) is 0.970. The van der Waals surface area contributed by atoms with Crippen LogP contribution in [-0.4, -0.2) is 18.5 Å². The summed E-state index contributed by atoms with van der Waals surface area (Å²) in [6.07, 6.45) is 3.49. The Morgan fingerprint density at radius 2 is 2.00 bits per heavy atom. The Balaban J connectivity index is 0. The number of hydrogen-bond acceptors (Lipinski definition) is 3. The summed E-state index contributed by atoms with van der Waals surface area (Å²) in [5, 5.41) is 8.04. The smallest absolute Gasteiger partial charge is 0.106 e. The molecule has 0 saturated heterocycles. The highest BCUT2D eigenvalue weighted by Gasteiger charge is 1.79. The largest absolute Gasteiger partial charge is 0.317 e. The molecule has 0 aromatic carbocycles. The van der Waals surface area contributed by atoms with Crippen LogP contribution >= 0.6 is 0 Å². The van der Waals surface area contributed by atoms with E-state index in [1.165, 1.54) is 12.8 Å². The Labute approximate surface area is 56.0 Å². The zero-order valence-corrected chi connectivity index (χ0v) is 5.89. The fraction of sp³-hybridized carbons (Fsp3) is 0.833. The molecule has 0 aliphatic heterocycles. The number of carbonyl (C=O) groups is 1. The van der Waals surface area contributed by atoms with Crippen molar-refractivity contribution in [1.82, 2.24) is 5.48 Å². The van der Waals surface area contributed by atoms with E-state index in [0.29, 0.717) is 0 Å². The molecule has 0 aromatic rings. The van der Waals surface area contributed by atoms with Gasteiger partial charge in [-0.25, -0.2) is 5.48 Å². The van der Waals surface area contributed by atoms with Crippen LogP contribution in [0.5, 0.6) is 0 Å². The van der Waals surface area contributed by atoms with Crippen LogP contribution < -0.4 is 5.48 Å². The van der Waals surface area contributed by atoms with Crippen LogP contribution in [0.1, 0.15) is 26.2 Å². The van der Waals surface area contributed by atoms with E-state index >= 15 is 0 Å². The Hall–Kier alpha value is -0.410. The normalized spacial score (nSPS) is 7.78. The van der Waals surface area contributed by atoms with Gasteiger partial charge in [0.05, 0.1) is 0 Å². The van der Waals surface area contributed by atoms with Gasteiger partial charge in [-0.05, 0) is 6.42 Å². The van der Waals surface area contributed by atoms with Gasteiger partial charge in [-0.3, -0.25) is 0 Å². The summed E-state index contributed by atoms with van der Waals surface area (Å²) < 4.78 is 0. The summed E-state index contributed by atoms with van der Waals surface area (Å²) >= 11 is 0. The Bertz CT molecular complexity index is 38.0. The van der Waals surface area contributed by atoms with Crippen molar-refractivity contribution in [2.24, 2.45) is 0 Å².